The molecule has 0 radical (unpaired) electrons. The fourth-order valence-electron chi connectivity index (χ4n) is 6.05. The van der Waals surface area contributed by atoms with Crippen LogP contribution in [0.4, 0.5) is 20.2 Å². The number of benzene rings is 3. The molecule has 1 N–H and O–H groups in total. The summed E-state index contributed by atoms with van der Waals surface area (Å²) < 4.78 is 69.8. The number of carbonyl (C=O) groups is 1. The number of nitrogens with zero attached hydrogens (tertiary/aromatic N) is 4. The van der Waals surface area contributed by atoms with Gasteiger partial charge in [-0.3, -0.25) is 10.1 Å². The number of aromatic nitrogens is 1. The minimum absolute atomic E-state index is 0.0423. The summed E-state index contributed by atoms with van der Waals surface area (Å²) in [4.78, 5) is 23.5. The molecule has 2 aliphatic rings. The number of halogens is 2. The zero-order valence-corrected chi connectivity index (χ0v) is 27.1. The first-order valence-electron chi connectivity index (χ1n) is 15.2. The highest BCUT2D eigenvalue weighted by molar-refractivity contribution is 7.93. The highest BCUT2D eigenvalue weighted by Gasteiger charge is 2.58. The van der Waals surface area contributed by atoms with Crippen molar-refractivity contribution in [3.63, 3.8) is 0 Å². The van der Waals surface area contributed by atoms with Gasteiger partial charge in [0.25, 0.3) is 15.9 Å². The number of piperazine rings is 1. The molecule has 3 aromatic carbocycles. The van der Waals surface area contributed by atoms with E-state index >= 15 is 4.39 Å². The summed E-state index contributed by atoms with van der Waals surface area (Å²) in [5, 5.41) is 3.25. The van der Waals surface area contributed by atoms with Gasteiger partial charge in [-0.1, -0.05) is 12.1 Å². The summed E-state index contributed by atoms with van der Waals surface area (Å²) in [6.07, 6.45) is 1.47. The van der Waals surface area contributed by atoms with Crippen molar-refractivity contribution in [2.45, 2.75) is 23.9 Å². The van der Waals surface area contributed by atoms with Crippen molar-refractivity contribution in [2.24, 2.45) is 0 Å². The number of methoxy groups -OCH3 is 1. The number of likely N-dealkylation sites (N-methyl/N-ethyl adjacent to an activating group) is 1. The molecule has 13 heteroatoms. The van der Waals surface area contributed by atoms with Crippen LogP contribution >= 0.6 is 0 Å². The Balaban J connectivity index is 1.47. The van der Waals surface area contributed by atoms with E-state index in [1.54, 1.807) is 19.1 Å². The van der Waals surface area contributed by atoms with Gasteiger partial charge in [0.05, 0.1) is 24.3 Å². The molecule has 2 aliphatic heterocycles. The SMILES string of the molecule is CCOc1ncccc1C1(NCc2ccc(N3CCN(C)CC3)cc2)C(=O)N(S(=O)(=O)c2ccc(OC)cc2)c2cc(F)c(F)cc21. The van der Waals surface area contributed by atoms with Gasteiger partial charge >= 0.3 is 0 Å². The van der Waals surface area contributed by atoms with Gasteiger partial charge in [0, 0.05) is 61.8 Å². The first-order chi connectivity index (χ1) is 22.6. The molecule has 246 valence electrons. The molecule has 3 heterocycles. The lowest BCUT2D eigenvalue weighted by atomic mass is 9.83. The Labute approximate surface area is 272 Å². The van der Waals surface area contributed by atoms with E-state index in [9.17, 15) is 17.6 Å². The van der Waals surface area contributed by atoms with Crippen LogP contribution in [0.5, 0.6) is 11.6 Å². The maximum absolute atomic E-state index is 15.1. The number of nitrogens with one attached hydrogen (secondary N) is 1. The van der Waals surface area contributed by atoms with Gasteiger partial charge in [0.2, 0.25) is 5.88 Å². The molecule has 0 saturated carbocycles. The van der Waals surface area contributed by atoms with E-state index in [-0.39, 0.29) is 40.7 Å². The maximum Gasteiger partial charge on any atom is 0.270 e. The predicted octanol–water partition coefficient (Wildman–Crippen LogP) is 4.29. The summed E-state index contributed by atoms with van der Waals surface area (Å²) in [6, 6.07) is 18.0. The van der Waals surface area contributed by atoms with Gasteiger partial charge in [0.15, 0.2) is 17.2 Å². The van der Waals surface area contributed by atoms with Crippen LogP contribution in [0.1, 0.15) is 23.6 Å². The quantitative estimate of drug-likeness (QED) is 0.266. The molecule has 0 spiro atoms. The second kappa shape index (κ2) is 12.9. The number of sulfonamides is 1. The van der Waals surface area contributed by atoms with Crippen LogP contribution in [0, 0.1) is 11.6 Å². The van der Waals surface area contributed by atoms with E-state index in [2.05, 4.69) is 27.1 Å². The van der Waals surface area contributed by atoms with Crippen LogP contribution in [-0.2, 0) is 26.9 Å². The van der Waals surface area contributed by atoms with Crippen LogP contribution in [0.3, 0.4) is 0 Å². The summed E-state index contributed by atoms with van der Waals surface area (Å²) in [5.41, 5.74) is -0.467. The third-order valence-corrected chi connectivity index (χ3v) is 10.3. The Kier molecular flexibility index (Phi) is 8.88. The van der Waals surface area contributed by atoms with Gasteiger partial charge < -0.3 is 19.3 Å². The van der Waals surface area contributed by atoms with E-state index in [4.69, 9.17) is 9.47 Å². The lowest BCUT2D eigenvalue weighted by Crippen LogP contribution is -2.52. The molecule has 1 unspecified atom stereocenters. The summed E-state index contributed by atoms with van der Waals surface area (Å²) in [7, 11) is -1.11. The van der Waals surface area contributed by atoms with Crippen molar-refractivity contribution in [3.05, 3.63) is 107 Å². The van der Waals surface area contributed by atoms with Crippen molar-refractivity contribution in [2.75, 3.05) is 56.1 Å². The molecule has 10 nitrogen and oxygen atoms in total. The molecule has 1 aromatic heterocycles. The van der Waals surface area contributed by atoms with E-state index in [0.29, 0.717) is 10.1 Å². The number of fused-ring (bicyclic) bond motifs is 1. The molecule has 1 saturated heterocycles. The van der Waals surface area contributed by atoms with Gasteiger partial charge in [0.1, 0.15) is 5.75 Å². The molecule has 1 fully saturated rings. The lowest BCUT2D eigenvalue weighted by Gasteiger charge is -2.34. The largest absolute Gasteiger partial charge is 0.497 e. The van der Waals surface area contributed by atoms with Crippen molar-refractivity contribution >= 4 is 27.3 Å². The smallest absolute Gasteiger partial charge is 0.270 e. The normalized spacial score (nSPS) is 18.4. The standard InChI is InChI=1S/C34H35F2N5O5S/c1-4-46-32-27(6-5-15-37-32)34(38-22-23-7-9-24(10-8-23)40-18-16-39(2)17-19-40)28-20-29(35)30(36)21-31(28)41(33(34)42)47(43,44)26-13-11-25(45-3)12-14-26/h5-15,20-21,38H,4,16-19,22H2,1-3H3. The molecular weight excluding hydrogens is 628 g/mol. The van der Waals surface area contributed by atoms with Gasteiger partial charge in [-0.05, 0) is 74.1 Å². The monoisotopic (exact) mass is 663 g/mol. The summed E-state index contributed by atoms with van der Waals surface area (Å²) in [6.45, 7) is 5.67. The van der Waals surface area contributed by atoms with Crippen molar-refractivity contribution in [1.82, 2.24) is 15.2 Å². The fourth-order valence-corrected chi connectivity index (χ4v) is 7.51. The number of anilines is 2. The highest BCUT2D eigenvalue weighted by Crippen LogP contribution is 2.49. The zero-order chi connectivity index (χ0) is 33.3. The average Bonchev–Trinajstić information content (AvgIpc) is 3.32. The van der Waals surface area contributed by atoms with E-state index in [0.717, 1.165) is 49.6 Å². The lowest BCUT2D eigenvalue weighted by molar-refractivity contribution is -0.121. The number of amides is 1. The molecule has 4 aromatic rings. The van der Waals surface area contributed by atoms with Crippen LogP contribution in [0.25, 0.3) is 0 Å². The van der Waals surface area contributed by atoms with E-state index in [1.807, 2.05) is 24.3 Å². The van der Waals surface area contributed by atoms with Crippen molar-refractivity contribution in [3.8, 4) is 11.6 Å². The van der Waals surface area contributed by atoms with Gasteiger partial charge in [-0.15, -0.1) is 0 Å². The van der Waals surface area contributed by atoms with E-state index in [1.165, 1.54) is 37.6 Å². The highest BCUT2D eigenvalue weighted by atomic mass is 32.2. The Hall–Kier alpha value is -4.59. The van der Waals surface area contributed by atoms with Crippen molar-refractivity contribution < 1.29 is 31.5 Å². The molecule has 1 atom stereocenters. The van der Waals surface area contributed by atoms with Gasteiger partial charge in [-0.25, -0.2) is 26.5 Å². The predicted molar refractivity (Wildman–Crippen MR) is 173 cm³/mol. The number of pyridine rings is 1. The molecular formula is C34H35F2N5O5S. The summed E-state index contributed by atoms with van der Waals surface area (Å²) in [5.74, 6) is -3.10. The van der Waals surface area contributed by atoms with Gasteiger partial charge in [-0.2, -0.15) is 0 Å². The van der Waals surface area contributed by atoms with Crippen LogP contribution in [0.2, 0.25) is 0 Å². The third kappa shape index (κ3) is 5.79. The fraction of sp³-hybridized carbons (Fsp3) is 0.294. The Morgan fingerprint density at radius 2 is 1.62 bits per heavy atom. The number of hydrogen-bond donors (Lipinski definition) is 1. The Bertz CT molecular complexity index is 1880. The van der Waals surface area contributed by atoms with E-state index < -0.39 is 33.1 Å². The number of ether oxygens (including phenoxy) is 2. The molecule has 1 amide bonds. The number of hydrogen-bond acceptors (Lipinski definition) is 9. The second-order valence-electron chi connectivity index (χ2n) is 11.4. The van der Waals surface area contributed by atoms with Crippen LogP contribution in [-0.4, -0.2) is 71.2 Å². The Morgan fingerprint density at radius 1 is 0.936 bits per heavy atom. The molecule has 47 heavy (non-hydrogen) atoms. The number of rotatable bonds is 10. The van der Waals surface area contributed by atoms with Crippen LogP contribution in [0.15, 0.2) is 83.9 Å². The first-order valence-corrected chi connectivity index (χ1v) is 16.6. The molecule has 0 bridgehead atoms. The first kappa shape index (κ1) is 32.4. The maximum atomic E-state index is 15.1. The molecule has 0 aliphatic carbocycles. The molecule has 6 rings (SSSR count). The topological polar surface area (TPSA) is 104 Å². The Morgan fingerprint density at radius 3 is 2.28 bits per heavy atom. The zero-order valence-electron chi connectivity index (χ0n) is 26.2. The minimum atomic E-state index is -4.64. The van der Waals surface area contributed by atoms with Crippen LogP contribution < -0.4 is 24.0 Å². The second-order valence-corrected chi connectivity index (χ2v) is 13.2. The van der Waals surface area contributed by atoms with Crippen molar-refractivity contribution in [1.29, 1.82) is 0 Å². The number of carbonyl (C=O) groups excluding carboxylic acids is 1. The minimum Gasteiger partial charge on any atom is -0.497 e. The summed E-state index contributed by atoms with van der Waals surface area (Å²) >= 11 is 0. The third-order valence-electron chi connectivity index (χ3n) is 8.58. The average molecular weight is 664 g/mol.